The second kappa shape index (κ2) is 14.4. The Morgan fingerprint density at radius 3 is 2.11 bits per heavy atom. The van der Waals surface area contributed by atoms with Crippen LogP contribution in [0.3, 0.4) is 0 Å². The van der Waals surface area contributed by atoms with E-state index in [-0.39, 0.29) is 38.3 Å². The molecule has 2 aliphatic heterocycles. The lowest BCUT2D eigenvalue weighted by atomic mass is 9.93. The van der Waals surface area contributed by atoms with Crippen molar-refractivity contribution in [3.63, 3.8) is 0 Å². The molecule has 10 heteroatoms. The Kier molecular flexibility index (Phi) is 10.3. The summed E-state index contributed by atoms with van der Waals surface area (Å²) in [6.45, 7) is 5.76. The van der Waals surface area contributed by atoms with Gasteiger partial charge >= 0.3 is 6.09 Å². The van der Waals surface area contributed by atoms with E-state index in [1.54, 1.807) is 32.7 Å². The van der Waals surface area contributed by atoms with Gasteiger partial charge in [0.1, 0.15) is 23.7 Å². The monoisotopic (exact) mass is 640 g/mol. The van der Waals surface area contributed by atoms with Crippen molar-refractivity contribution in [2.24, 2.45) is 0 Å². The maximum atomic E-state index is 14.3. The van der Waals surface area contributed by atoms with E-state index in [4.69, 9.17) is 4.74 Å². The Morgan fingerprint density at radius 2 is 1.47 bits per heavy atom. The number of ether oxygens (including phenoxy) is 1. The van der Waals surface area contributed by atoms with Gasteiger partial charge in [-0.25, -0.2) is 4.79 Å². The predicted octanol–water partition coefficient (Wildman–Crippen LogP) is 3.70. The molecule has 2 aliphatic rings. The summed E-state index contributed by atoms with van der Waals surface area (Å²) in [6, 6.07) is 23.8. The topological polar surface area (TPSA) is 119 Å². The van der Waals surface area contributed by atoms with Crippen LogP contribution < -0.4 is 5.32 Å². The van der Waals surface area contributed by atoms with Crippen molar-refractivity contribution >= 4 is 23.8 Å². The van der Waals surface area contributed by atoms with Crippen LogP contribution in [-0.4, -0.2) is 87.0 Å². The molecule has 1 fully saturated rings. The van der Waals surface area contributed by atoms with Crippen LogP contribution in [0.4, 0.5) is 4.79 Å². The number of likely N-dealkylation sites (N-methyl/N-ethyl adjacent to an activating group) is 1. The molecule has 2 heterocycles. The molecule has 248 valence electrons. The maximum Gasteiger partial charge on any atom is 0.411 e. The highest BCUT2D eigenvalue weighted by Crippen LogP contribution is 2.29. The van der Waals surface area contributed by atoms with Gasteiger partial charge in [-0.3, -0.25) is 19.3 Å². The van der Waals surface area contributed by atoms with Crippen molar-refractivity contribution in [1.82, 2.24) is 20.0 Å². The van der Waals surface area contributed by atoms with Gasteiger partial charge in [0.05, 0.1) is 12.6 Å². The number of hydrogen-bond acceptors (Lipinski definition) is 6. The molecule has 5 rings (SSSR count). The third kappa shape index (κ3) is 8.37. The Bertz CT molecular complexity index is 1570. The minimum atomic E-state index is -1.03. The minimum absolute atomic E-state index is 0.0133. The number of β-amino-alcohol motifs (C(OH)–C–C–N with tert-alkyl or cyclic N) is 1. The Balaban J connectivity index is 1.37. The summed E-state index contributed by atoms with van der Waals surface area (Å²) in [5.74, 6) is -1.26. The first kappa shape index (κ1) is 33.7. The standard InChI is InChI=1S/C37H44N4O6/c1-37(2,3)47-36(46)41-23-28-18-12-11-17-27(28)20-32(41)35(45)40-24-29(42)21-31(40)33(43)38-30(19-25-13-7-5-8-14-25)34(44)39(4)22-26-15-9-6-10-16-26/h5-18,29-32,42H,19-24H2,1-4H3,(H,38,43)/t29-,30+,31+,32+/m1/s1. The van der Waals surface area contributed by atoms with E-state index in [9.17, 15) is 24.3 Å². The predicted molar refractivity (Wildman–Crippen MR) is 177 cm³/mol. The van der Waals surface area contributed by atoms with Gasteiger partial charge in [0.25, 0.3) is 0 Å². The van der Waals surface area contributed by atoms with Crippen molar-refractivity contribution in [1.29, 1.82) is 0 Å². The first-order chi connectivity index (χ1) is 22.4. The highest BCUT2D eigenvalue weighted by atomic mass is 16.6. The number of carbonyl (C=O) groups is 4. The normalized spacial score (nSPS) is 19.8. The zero-order chi connectivity index (χ0) is 33.7. The number of aliphatic hydroxyl groups excluding tert-OH is 1. The van der Waals surface area contributed by atoms with Crippen LogP contribution >= 0.6 is 0 Å². The van der Waals surface area contributed by atoms with Crippen molar-refractivity contribution < 1.29 is 29.0 Å². The molecule has 4 atom stereocenters. The third-order valence-corrected chi connectivity index (χ3v) is 8.56. The van der Waals surface area contributed by atoms with Crippen molar-refractivity contribution in [3.8, 4) is 0 Å². The van der Waals surface area contributed by atoms with Gasteiger partial charge in [-0.05, 0) is 43.0 Å². The van der Waals surface area contributed by atoms with Gasteiger partial charge in [-0.15, -0.1) is 0 Å². The maximum absolute atomic E-state index is 14.3. The number of fused-ring (bicyclic) bond motifs is 1. The fourth-order valence-electron chi connectivity index (χ4n) is 6.27. The second-order valence-corrected chi connectivity index (χ2v) is 13.4. The molecule has 10 nitrogen and oxygen atoms in total. The molecule has 0 spiro atoms. The number of nitrogens with zero attached hydrogens (tertiary/aromatic N) is 3. The molecular formula is C37H44N4O6. The van der Waals surface area contributed by atoms with E-state index < -0.39 is 47.7 Å². The molecule has 3 aromatic carbocycles. The Morgan fingerprint density at radius 1 is 0.872 bits per heavy atom. The van der Waals surface area contributed by atoms with Gasteiger partial charge in [0.15, 0.2) is 0 Å². The second-order valence-electron chi connectivity index (χ2n) is 13.4. The average Bonchev–Trinajstić information content (AvgIpc) is 3.45. The zero-order valence-corrected chi connectivity index (χ0v) is 27.5. The minimum Gasteiger partial charge on any atom is -0.444 e. The molecule has 0 aromatic heterocycles. The molecule has 1 saturated heterocycles. The number of rotatable bonds is 8. The van der Waals surface area contributed by atoms with Gasteiger partial charge in [0.2, 0.25) is 17.7 Å². The van der Waals surface area contributed by atoms with E-state index in [0.29, 0.717) is 6.54 Å². The SMILES string of the molecule is CN(Cc1ccccc1)C(=O)[C@H](Cc1ccccc1)NC(=O)[C@@H]1C[C@@H](O)CN1C(=O)[C@@H]1Cc2ccccc2CN1C(=O)OC(C)(C)C. The molecule has 3 aromatic rings. The smallest absolute Gasteiger partial charge is 0.411 e. The van der Waals surface area contributed by atoms with Crippen LogP contribution in [0, 0.1) is 0 Å². The Hall–Kier alpha value is -4.70. The summed E-state index contributed by atoms with van der Waals surface area (Å²) in [7, 11) is 1.70. The number of amides is 4. The molecule has 0 radical (unpaired) electrons. The van der Waals surface area contributed by atoms with E-state index in [1.165, 1.54) is 9.80 Å². The van der Waals surface area contributed by atoms with Crippen LogP contribution in [0.15, 0.2) is 84.9 Å². The van der Waals surface area contributed by atoms with Gasteiger partial charge in [-0.2, -0.15) is 0 Å². The third-order valence-electron chi connectivity index (χ3n) is 8.56. The fraction of sp³-hybridized carbons (Fsp3) is 0.405. The lowest BCUT2D eigenvalue weighted by molar-refractivity contribution is -0.144. The van der Waals surface area contributed by atoms with Gasteiger partial charge in [0, 0.05) is 39.4 Å². The summed E-state index contributed by atoms with van der Waals surface area (Å²) in [5.41, 5.74) is 2.89. The molecule has 4 amide bonds. The zero-order valence-electron chi connectivity index (χ0n) is 27.5. The van der Waals surface area contributed by atoms with E-state index >= 15 is 0 Å². The molecule has 2 N–H and O–H groups in total. The first-order valence-corrected chi connectivity index (χ1v) is 16.1. The molecule has 0 unspecified atom stereocenters. The van der Waals surface area contributed by atoms with Crippen molar-refractivity contribution in [2.75, 3.05) is 13.6 Å². The highest BCUT2D eigenvalue weighted by molar-refractivity contribution is 5.94. The summed E-state index contributed by atoms with van der Waals surface area (Å²) >= 11 is 0. The van der Waals surface area contributed by atoms with E-state index in [0.717, 1.165) is 22.3 Å². The molecule has 0 bridgehead atoms. The molecule has 0 aliphatic carbocycles. The van der Waals surface area contributed by atoms with Crippen LogP contribution in [0.5, 0.6) is 0 Å². The average molecular weight is 641 g/mol. The highest BCUT2D eigenvalue weighted by Gasteiger charge is 2.46. The summed E-state index contributed by atoms with van der Waals surface area (Å²) in [4.78, 5) is 59.8. The van der Waals surface area contributed by atoms with Gasteiger partial charge in [-0.1, -0.05) is 84.9 Å². The van der Waals surface area contributed by atoms with Crippen LogP contribution in [0.2, 0.25) is 0 Å². The van der Waals surface area contributed by atoms with Crippen LogP contribution in [0.25, 0.3) is 0 Å². The van der Waals surface area contributed by atoms with Gasteiger partial charge < -0.3 is 25.0 Å². The van der Waals surface area contributed by atoms with E-state index in [2.05, 4.69) is 5.32 Å². The lowest BCUT2D eigenvalue weighted by Crippen LogP contribution is -2.58. The quantitative estimate of drug-likeness (QED) is 0.388. The van der Waals surface area contributed by atoms with Crippen molar-refractivity contribution in [2.45, 2.75) is 83.0 Å². The number of carbonyl (C=O) groups excluding carboxylic acids is 4. The number of nitrogens with one attached hydrogen (secondary N) is 1. The largest absolute Gasteiger partial charge is 0.444 e. The number of likely N-dealkylation sites (tertiary alicyclic amines) is 1. The number of hydrogen-bond donors (Lipinski definition) is 2. The fourth-order valence-corrected chi connectivity index (χ4v) is 6.27. The van der Waals surface area contributed by atoms with Crippen LogP contribution in [-0.2, 0) is 45.1 Å². The molecular weight excluding hydrogens is 596 g/mol. The van der Waals surface area contributed by atoms with E-state index in [1.807, 2.05) is 84.9 Å². The molecule has 0 saturated carbocycles. The Labute approximate surface area is 276 Å². The summed E-state index contributed by atoms with van der Waals surface area (Å²) in [5, 5.41) is 13.7. The number of benzene rings is 3. The summed E-state index contributed by atoms with van der Waals surface area (Å²) < 4.78 is 5.68. The summed E-state index contributed by atoms with van der Waals surface area (Å²) in [6.07, 6.45) is -1.06. The van der Waals surface area contributed by atoms with Crippen LogP contribution in [0.1, 0.15) is 49.4 Å². The molecule has 47 heavy (non-hydrogen) atoms. The van der Waals surface area contributed by atoms with Crippen molar-refractivity contribution in [3.05, 3.63) is 107 Å². The first-order valence-electron chi connectivity index (χ1n) is 16.1. The lowest BCUT2D eigenvalue weighted by Gasteiger charge is -2.39. The number of aliphatic hydroxyl groups is 1.